The summed E-state index contributed by atoms with van der Waals surface area (Å²) >= 11 is 0. The number of fused-ring (bicyclic) bond motifs is 1. The summed E-state index contributed by atoms with van der Waals surface area (Å²) in [6, 6.07) is 3.59. The number of rotatable bonds is 1. The quantitative estimate of drug-likeness (QED) is 0.785. The normalized spacial score (nSPS) is 14.6. The van der Waals surface area contributed by atoms with Gasteiger partial charge in [-0.15, -0.1) is 0 Å². The van der Waals surface area contributed by atoms with Crippen LogP contribution >= 0.6 is 0 Å². The van der Waals surface area contributed by atoms with E-state index in [2.05, 4.69) is 15.0 Å². The molecule has 0 radical (unpaired) electrons. The Kier molecular flexibility index (Phi) is 3.41. The topological polar surface area (TPSA) is 59.0 Å². The third-order valence-corrected chi connectivity index (χ3v) is 3.70. The molecule has 1 aliphatic rings. The molecule has 2 aromatic rings. The smallest absolute Gasteiger partial charge is 0.255 e. The molecule has 3 rings (SSSR count). The lowest BCUT2D eigenvalue weighted by Gasteiger charge is -2.19. The van der Waals surface area contributed by atoms with Crippen LogP contribution in [0.4, 0.5) is 0 Å². The molecule has 5 heteroatoms. The first-order chi connectivity index (χ1) is 9.75. The molecule has 0 fully saturated rings. The highest BCUT2D eigenvalue weighted by molar-refractivity contribution is 5.93. The van der Waals surface area contributed by atoms with E-state index in [1.165, 1.54) is 5.56 Å². The van der Waals surface area contributed by atoms with Crippen LogP contribution in [0, 0.1) is 6.92 Å². The molecule has 0 spiro atoms. The molecule has 0 saturated heterocycles. The number of hydrogen-bond donors (Lipinski definition) is 0. The summed E-state index contributed by atoms with van der Waals surface area (Å²) in [7, 11) is 0. The van der Waals surface area contributed by atoms with Crippen molar-refractivity contribution in [3.8, 4) is 0 Å². The minimum atomic E-state index is 0.0384. The summed E-state index contributed by atoms with van der Waals surface area (Å²) in [4.78, 5) is 26.9. The largest absolute Gasteiger partial charge is 0.338 e. The van der Waals surface area contributed by atoms with Gasteiger partial charge in [0.25, 0.3) is 5.91 Å². The van der Waals surface area contributed by atoms with E-state index in [0.29, 0.717) is 18.7 Å². The minimum Gasteiger partial charge on any atom is -0.338 e. The van der Waals surface area contributed by atoms with Crippen molar-refractivity contribution < 1.29 is 4.79 Å². The fourth-order valence-electron chi connectivity index (χ4n) is 2.56. The number of hydrogen-bond acceptors (Lipinski definition) is 4. The molecule has 2 aromatic heterocycles. The highest BCUT2D eigenvalue weighted by atomic mass is 16.2. The third-order valence-electron chi connectivity index (χ3n) is 3.70. The molecule has 0 unspecified atom stereocenters. The fraction of sp³-hybridized carbons (Fsp3) is 0.333. The zero-order valence-electron chi connectivity index (χ0n) is 11.4. The molecular weight excluding hydrogens is 252 g/mol. The first-order valence-corrected chi connectivity index (χ1v) is 6.74. The number of aromatic nitrogens is 3. The maximum Gasteiger partial charge on any atom is 0.255 e. The van der Waals surface area contributed by atoms with Crippen LogP contribution in [0.5, 0.6) is 0 Å². The van der Waals surface area contributed by atoms with Gasteiger partial charge in [-0.05, 0) is 31.0 Å². The average molecular weight is 268 g/mol. The Bertz CT molecular complexity index is 627. The van der Waals surface area contributed by atoms with Crippen LogP contribution in [0.25, 0.3) is 0 Å². The third kappa shape index (κ3) is 2.39. The molecular formula is C15H16N4O. The van der Waals surface area contributed by atoms with E-state index in [1.807, 2.05) is 11.8 Å². The van der Waals surface area contributed by atoms with E-state index in [-0.39, 0.29) is 5.91 Å². The molecule has 102 valence electrons. The second kappa shape index (κ2) is 5.36. The molecule has 0 saturated carbocycles. The number of carbonyl (C=O) groups excluding carboxylic acids is 1. The number of nitrogens with zero attached hydrogens (tertiary/aromatic N) is 4. The van der Waals surface area contributed by atoms with Gasteiger partial charge in [-0.2, -0.15) is 0 Å². The highest BCUT2D eigenvalue weighted by Crippen LogP contribution is 2.17. The summed E-state index contributed by atoms with van der Waals surface area (Å²) < 4.78 is 0. The van der Waals surface area contributed by atoms with Gasteiger partial charge < -0.3 is 4.90 Å². The fourth-order valence-corrected chi connectivity index (χ4v) is 2.56. The maximum atomic E-state index is 12.4. The van der Waals surface area contributed by atoms with E-state index in [4.69, 9.17) is 0 Å². The van der Waals surface area contributed by atoms with Crippen LogP contribution in [-0.4, -0.2) is 38.8 Å². The van der Waals surface area contributed by atoms with Crippen molar-refractivity contribution in [1.29, 1.82) is 0 Å². The lowest BCUT2D eigenvalue weighted by molar-refractivity contribution is 0.0762. The predicted octanol–water partition coefficient (Wildman–Crippen LogP) is 1.42. The average Bonchev–Trinajstić information content (AvgIpc) is 2.71. The lowest BCUT2D eigenvalue weighted by atomic mass is 10.1. The molecule has 0 atom stereocenters. The lowest BCUT2D eigenvalue weighted by Crippen LogP contribution is -2.33. The summed E-state index contributed by atoms with van der Waals surface area (Å²) in [5.74, 6) is 0.0384. The minimum absolute atomic E-state index is 0.0384. The predicted molar refractivity (Wildman–Crippen MR) is 74.3 cm³/mol. The van der Waals surface area contributed by atoms with E-state index >= 15 is 0 Å². The summed E-state index contributed by atoms with van der Waals surface area (Å²) in [5, 5.41) is 0. The zero-order chi connectivity index (χ0) is 13.9. The summed E-state index contributed by atoms with van der Waals surface area (Å²) in [6.07, 6.45) is 6.49. The van der Waals surface area contributed by atoms with E-state index < -0.39 is 0 Å². The van der Waals surface area contributed by atoms with Crippen molar-refractivity contribution in [2.45, 2.75) is 19.8 Å². The Morgan fingerprint density at radius 1 is 1.25 bits per heavy atom. The number of amides is 1. The zero-order valence-corrected chi connectivity index (χ0v) is 11.4. The van der Waals surface area contributed by atoms with Crippen molar-refractivity contribution in [1.82, 2.24) is 19.9 Å². The van der Waals surface area contributed by atoms with Crippen molar-refractivity contribution in [3.63, 3.8) is 0 Å². The molecule has 0 bridgehead atoms. The van der Waals surface area contributed by atoms with Crippen molar-refractivity contribution in [3.05, 3.63) is 53.4 Å². The van der Waals surface area contributed by atoms with Gasteiger partial charge in [-0.25, -0.2) is 9.97 Å². The first kappa shape index (κ1) is 12.7. The standard InChI is InChI=1S/C15H16N4O/c1-11-13-4-7-19(8-5-14(13)18-10-17-11)15(20)12-3-2-6-16-9-12/h2-3,6,9-10H,4-5,7-8H2,1H3. The van der Waals surface area contributed by atoms with Gasteiger partial charge in [-0.1, -0.05) is 0 Å². The van der Waals surface area contributed by atoms with Crippen molar-refractivity contribution in [2.24, 2.45) is 0 Å². The van der Waals surface area contributed by atoms with E-state index in [0.717, 1.165) is 24.2 Å². The molecule has 1 aliphatic heterocycles. The number of aryl methyl sites for hydroxylation is 1. The Morgan fingerprint density at radius 2 is 2.10 bits per heavy atom. The van der Waals surface area contributed by atoms with Gasteiger partial charge in [0.05, 0.1) is 5.56 Å². The Hall–Kier alpha value is -2.30. The van der Waals surface area contributed by atoms with Crippen LogP contribution in [-0.2, 0) is 12.8 Å². The molecule has 3 heterocycles. The maximum absolute atomic E-state index is 12.4. The van der Waals surface area contributed by atoms with Crippen LogP contribution in [0.1, 0.15) is 27.3 Å². The van der Waals surface area contributed by atoms with Gasteiger partial charge >= 0.3 is 0 Å². The number of carbonyl (C=O) groups is 1. The monoisotopic (exact) mass is 268 g/mol. The Labute approximate surface area is 117 Å². The van der Waals surface area contributed by atoms with Gasteiger partial charge in [-0.3, -0.25) is 9.78 Å². The second-order valence-corrected chi connectivity index (χ2v) is 4.92. The molecule has 0 aromatic carbocycles. The SMILES string of the molecule is Cc1ncnc2c1CCN(C(=O)c1cccnc1)CC2. The van der Waals surface area contributed by atoms with Gasteiger partial charge in [0.2, 0.25) is 0 Å². The molecule has 1 amide bonds. The van der Waals surface area contributed by atoms with Crippen LogP contribution in [0.15, 0.2) is 30.9 Å². The Morgan fingerprint density at radius 3 is 2.90 bits per heavy atom. The second-order valence-electron chi connectivity index (χ2n) is 4.92. The van der Waals surface area contributed by atoms with Crippen LogP contribution in [0.2, 0.25) is 0 Å². The van der Waals surface area contributed by atoms with Gasteiger partial charge in [0, 0.05) is 43.3 Å². The molecule has 5 nitrogen and oxygen atoms in total. The van der Waals surface area contributed by atoms with Crippen molar-refractivity contribution in [2.75, 3.05) is 13.1 Å². The van der Waals surface area contributed by atoms with Gasteiger partial charge in [0.1, 0.15) is 6.33 Å². The number of pyridine rings is 1. The van der Waals surface area contributed by atoms with Crippen LogP contribution < -0.4 is 0 Å². The summed E-state index contributed by atoms with van der Waals surface area (Å²) in [5.41, 5.74) is 3.92. The molecule has 0 N–H and O–H groups in total. The van der Waals surface area contributed by atoms with Crippen molar-refractivity contribution >= 4 is 5.91 Å². The summed E-state index contributed by atoms with van der Waals surface area (Å²) in [6.45, 7) is 3.39. The van der Waals surface area contributed by atoms with Gasteiger partial charge in [0.15, 0.2) is 0 Å². The van der Waals surface area contributed by atoms with E-state index in [9.17, 15) is 4.79 Å². The Balaban J connectivity index is 1.80. The first-order valence-electron chi connectivity index (χ1n) is 6.74. The molecule has 0 aliphatic carbocycles. The van der Waals surface area contributed by atoms with Crippen LogP contribution in [0.3, 0.4) is 0 Å². The highest BCUT2D eigenvalue weighted by Gasteiger charge is 2.21. The van der Waals surface area contributed by atoms with E-state index in [1.54, 1.807) is 30.9 Å². The molecule has 20 heavy (non-hydrogen) atoms.